The summed E-state index contributed by atoms with van der Waals surface area (Å²) in [6.45, 7) is -0.517. The molecule has 124 valence electrons. The van der Waals surface area contributed by atoms with Gasteiger partial charge >= 0.3 is 0 Å². The van der Waals surface area contributed by atoms with E-state index in [-0.39, 0.29) is 0 Å². The molecule has 1 aliphatic rings. The molecule has 2 aromatic rings. The third kappa shape index (κ3) is 3.07. The third-order valence-corrected chi connectivity index (χ3v) is 3.83. The van der Waals surface area contributed by atoms with Gasteiger partial charge in [0.1, 0.15) is 24.4 Å². The van der Waals surface area contributed by atoms with E-state index >= 15 is 0 Å². The largest absolute Gasteiger partial charge is 0.394 e. The van der Waals surface area contributed by atoms with Gasteiger partial charge in [-0.3, -0.25) is 0 Å². The lowest BCUT2D eigenvalue weighted by Crippen LogP contribution is -2.58. The van der Waals surface area contributed by atoms with Crippen molar-refractivity contribution in [1.82, 2.24) is 4.98 Å². The molecule has 0 spiro atoms. The maximum atomic E-state index is 9.83. The minimum Gasteiger partial charge on any atom is -0.394 e. The van der Waals surface area contributed by atoms with Crippen molar-refractivity contribution in [3.8, 4) is 0 Å². The average molecular weight is 322 g/mol. The minimum atomic E-state index is -1.49. The predicted octanol–water partition coefficient (Wildman–Crippen LogP) is -0.682. The Morgan fingerprint density at radius 1 is 1.17 bits per heavy atom. The van der Waals surface area contributed by atoms with E-state index in [4.69, 9.17) is 14.7 Å². The number of oxime groups is 1. The lowest BCUT2D eigenvalue weighted by Gasteiger charge is -2.38. The van der Waals surface area contributed by atoms with Gasteiger partial charge in [-0.1, -0.05) is 23.4 Å². The summed E-state index contributed by atoms with van der Waals surface area (Å²) in [5, 5.41) is 43.0. The molecular formula is C15H18N2O6. The van der Waals surface area contributed by atoms with Crippen LogP contribution < -0.4 is 0 Å². The fourth-order valence-corrected chi connectivity index (χ4v) is 2.50. The lowest BCUT2D eigenvalue weighted by molar-refractivity contribution is -0.301. The van der Waals surface area contributed by atoms with Crippen LogP contribution in [0.3, 0.4) is 0 Å². The molecule has 0 aliphatic carbocycles. The summed E-state index contributed by atoms with van der Waals surface area (Å²) in [5.41, 5.74) is 1.73. The Kier molecular flexibility index (Phi) is 4.60. The molecule has 0 unspecified atom stereocenters. The van der Waals surface area contributed by atoms with E-state index in [1.807, 2.05) is 24.3 Å². The van der Waals surface area contributed by atoms with Crippen molar-refractivity contribution in [2.24, 2.45) is 5.16 Å². The van der Waals surface area contributed by atoms with Gasteiger partial charge in [0.25, 0.3) is 6.29 Å². The monoisotopic (exact) mass is 322 g/mol. The predicted molar refractivity (Wildman–Crippen MR) is 80.7 cm³/mol. The SMILES string of the molecule is OC[C@H]1O[C@@H](ON=Cc2c[nH]c3ccccc23)[C@H](O)[C@@H](O)[C@H]1O. The van der Waals surface area contributed by atoms with Gasteiger partial charge in [-0.25, -0.2) is 0 Å². The van der Waals surface area contributed by atoms with Gasteiger partial charge in [0.05, 0.1) is 12.8 Å². The maximum absolute atomic E-state index is 9.83. The number of aliphatic hydroxyl groups excluding tert-OH is 4. The van der Waals surface area contributed by atoms with Crippen molar-refractivity contribution in [2.45, 2.75) is 30.7 Å². The van der Waals surface area contributed by atoms with Crippen molar-refractivity contribution < 1.29 is 30.0 Å². The number of aliphatic hydroxyl groups is 4. The molecule has 0 radical (unpaired) electrons. The summed E-state index contributed by atoms with van der Waals surface area (Å²) in [6, 6.07) is 7.64. The van der Waals surface area contributed by atoms with E-state index in [1.54, 1.807) is 6.20 Å². The number of nitrogens with one attached hydrogen (secondary N) is 1. The standard InChI is InChI=1S/C15H18N2O6/c18-7-11-12(19)13(20)14(21)15(22-11)23-17-6-8-5-16-10-4-2-1-3-9(8)10/h1-6,11-16,18-21H,7H2/t11-,12+,13+,14-,15+/m1/s1. The topological polar surface area (TPSA) is 128 Å². The average Bonchev–Trinajstić information content (AvgIpc) is 2.98. The molecule has 8 nitrogen and oxygen atoms in total. The number of nitrogens with zero attached hydrogens (tertiary/aromatic N) is 1. The second-order valence-electron chi connectivity index (χ2n) is 5.33. The minimum absolute atomic E-state index is 0.517. The number of hydrogen-bond acceptors (Lipinski definition) is 7. The smallest absolute Gasteiger partial charge is 0.256 e. The molecule has 1 aromatic heterocycles. The van der Waals surface area contributed by atoms with Gasteiger partial charge in [0, 0.05) is 22.7 Å². The highest BCUT2D eigenvalue weighted by molar-refractivity contribution is 5.98. The van der Waals surface area contributed by atoms with Crippen LogP contribution in [0.1, 0.15) is 5.56 Å². The van der Waals surface area contributed by atoms with Gasteiger partial charge in [-0.15, -0.1) is 0 Å². The molecule has 2 heterocycles. The Morgan fingerprint density at radius 3 is 2.74 bits per heavy atom. The zero-order chi connectivity index (χ0) is 16.4. The molecule has 5 atom stereocenters. The van der Waals surface area contributed by atoms with Crippen LogP contribution in [0.4, 0.5) is 0 Å². The highest BCUT2D eigenvalue weighted by Gasteiger charge is 2.44. The Labute approximate surface area is 131 Å². The number of ether oxygens (including phenoxy) is 1. The number of hydrogen-bond donors (Lipinski definition) is 5. The van der Waals surface area contributed by atoms with Crippen LogP contribution in [0, 0.1) is 0 Å². The number of fused-ring (bicyclic) bond motifs is 1. The van der Waals surface area contributed by atoms with E-state index in [0.29, 0.717) is 0 Å². The van der Waals surface area contributed by atoms with E-state index in [0.717, 1.165) is 16.5 Å². The number of aromatic amines is 1. The van der Waals surface area contributed by atoms with Crippen molar-refractivity contribution in [3.63, 3.8) is 0 Å². The van der Waals surface area contributed by atoms with E-state index < -0.39 is 37.3 Å². The number of H-pyrrole nitrogens is 1. The lowest BCUT2D eigenvalue weighted by atomic mass is 9.99. The highest BCUT2D eigenvalue weighted by Crippen LogP contribution is 2.22. The fraction of sp³-hybridized carbons (Fsp3) is 0.400. The molecule has 3 rings (SSSR count). The summed E-state index contributed by atoms with van der Waals surface area (Å²) in [5.74, 6) is 0. The van der Waals surface area contributed by atoms with Crippen molar-refractivity contribution in [1.29, 1.82) is 0 Å². The molecule has 1 fully saturated rings. The Balaban J connectivity index is 1.69. The molecule has 0 bridgehead atoms. The van der Waals surface area contributed by atoms with Crippen molar-refractivity contribution >= 4 is 17.1 Å². The van der Waals surface area contributed by atoms with Gasteiger partial charge in [0.2, 0.25) is 0 Å². The second kappa shape index (κ2) is 6.65. The Morgan fingerprint density at radius 2 is 1.96 bits per heavy atom. The van der Waals surface area contributed by atoms with Crippen LogP contribution in [0.25, 0.3) is 10.9 Å². The summed E-state index contributed by atoms with van der Waals surface area (Å²) < 4.78 is 5.18. The van der Waals surface area contributed by atoms with Crippen LogP contribution in [-0.4, -0.2) is 68.9 Å². The molecule has 1 aliphatic heterocycles. The fourth-order valence-electron chi connectivity index (χ4n) is 2.50. The first kappa shape index (κ1) is 15.9. The first-order valence-electron chi connectivity index (χ1n) is 7.17. The number of para-hydroxylation sites is 1. The van der Waals surface area contributed by atoms with Crippen molar-refractivity contribution in [2.75, 3.05) is 6.61 Å². The summed E-state index contributed by atoms with van der Waals surface area (Å²) >= 11 is 0. The second-order valence-corrected chi connectivity index (χ2v) is 5.33. The maximum Gasteiger partial charge on any atom is 0.256 e. The molecule has 1 saturated heterocycles. The van der Waals surface area contributed by atoms with Crippen LogP contribution in [0.5, 0.6) is 0 Å². The normalized spacial score (nSPS) is 31.7. The Hall–Kier alpha value is -1.97. The molecule has 0 amide bonds. The summed E-state index contributed by atoms with van der Waals surface area (Å²) in [6.07, 6.45) is -3.51. The van der Waals surface area contributed by atoms with Gasteiger partial charge < -0.3 is 35.0 Å². The van der Waals surface area contributed by atoms with Crippen LogP contribution >= 0.6 is 0 Å². The number of rotatable bonds is 4. The van der Waals surface area contributed by atoms with Crippen LogP contribution in [-0.2, 0) is 9.57 Å². The van der Waals surface area contributed by atoms with Crippen LogP contribution in [0.2, 0.25) is 0 Å². The first-order chi connectivity index (χ1) is 11.1. The van der Waals surface area contributed by atoms with E-state index in [9.17, 15) is 15.3 Å². The molecule has 0 saturated carbocycles. The third-order valence-electron chi connectivity index (χ3n) is 3.83. The molecule has 1 aromatic carbocycles. The van der Waals surface area contributed by atoms with Gasteiger partial charge in [-0.05, 0) is 6.07 Å². The first-order valence-corrected chi connectivity index (χ1v) is 7.17. The van der Waals surface area contributed by atoms with E-state index in [1.165, 1.54) is 6.21 Å². The van der Waals surface area contributed by atoms with Crippen LogP contribution in [0.15, 0.2) is 35.6 Å². The molecular weight excluding hydrogens is 304 g/mol. The van der Waals surface area contributed by atoms with Gasteiger partial charge in [-0.2, -0.15) is 0 Å². The highest BCUT2D eigenvalue weighted by atomic mass is 16.8. The quantitative estimate of drug-likeness (QED) is 0.375. The summed E-state index contributed by atoms with van der Waals surface area (Å²) in [7, 11) is 0. The zero-order valence-electron chi connectivity index (χ0n) is 12.1. The zero-order valence-corrected chi connectivity index (χ0v) is 12.1. The number of aromatic nitrogens is 1. The molecule has 5 N–H and O–H groups in total. The number of benzene rings is 1. The molecule has 8 heteroatoms. The van der Waals surface area contributed by atoms with E-state index in [2.05, 4.69) is 10.1 Å². The molecule has 23 heavy (non-hydrogen) atoms. The van der Waals surface area contributed by atoms with Gasteiger partial charge in [0.15, 0.2) is 0 Å². The van der Waals surface area contributed by atoms with Crippen molar-refractivity contribution in [3.05, 3.63) is 36.0 Å². The summed E-state index contributed by atoms with van der Waals surface area (Å²) in [4.78, 5) is 8.15. The Bertz CT molecular complexity index is 685.